The van der Waals surface area contributed by atoms with Crippen molar-refractivity contribution in [3.05, 3.63) is 29.8 Å². The van der Waals surface area contributed by atoms with Crippen LogP contribution in [0.2, 0.25) is 0 Å². The first-order valence-corrected chi connectivity index (χ1v) is 9.29. The Labute approximate surface area is 130 Å². The lowest BCUT2D eigenvalue weighted by atomic mass is 9.93. The number of carbonyl (C=O) groups excluding carboxylic acids is 1. The van der Waals surface area contributed by atoms with Gasteiger partial charge in [-0.1, -0.05) is 12.1 Å². The van der Waals surface area contributed by atoms with E-state index in [4.69, 9.17) is 10.5 Å². The Balaban J connectivity index is 1.70. The van der Waals surface area contributed by atoms with Crippen molar-refractivity contribution in [3.8, 4) is 0 Å². The first-order chi connectivity index (χ1) is 10.5. The maximum Gasteiger partial charge on any atom is 0.414 e. The van der Waals surface area contributed by atoms with Gasteiger partial charge in [-0.05, 0) is 36.5 Å². The highest BCUT2D eigenvalue weighted by atomic mass is 32.2. The van der Waals surface area contributed by atoms with Gasteiger partial charge in [0.15, 0.2) is 0 Å². The molecule has 0 radical (unpaired) electrons. The van der Waals surface area contributed by atoms with Gasteiger partial charge < -0.3 is 10.5 Å². The molecule has 6 nitrogen and oxygen atoms in total. The largest absolute Gasteiger partial charge is 0.443 e. The fourth-order valence-electron chi connectivity index (χ4n) is 3.00. The molecule has 0 aliphatic carbocycles. The molecule has 0 spiro atoms. The first-order valence-electron chi connectivity index (χ1n) is 7.47. The van der Waals surface area contributed by atoms with Crippen molar-refractivity contribution < 1.29 is 17.9 Å². The fraction of sp³-hybridized carbons (Fsp3) is 0.533. The van der Waals surface area contributed by atoms with Crippen LogP contribution in [-0.4, -0.2) is 45.2 Å². The van der Waals surface area contributed by atoms with Crippen molar-refractivity contribution >= 4 is 21.6 Å². The Hall–Kier alpha value is -1.60. The van der Waals surface area contributed by atoms with E-state index in [2.05, 4.69) is 0 Å². The third-order valence-electron chi connectivity index (χ3n) is 4.37. The summed E-state index contributed by atoms with van der Waals surface area (Å²) in [5.41, 5.74) is 7.44. The minimum absolute atomic E-state index is 0.254. The molecular formula is C15H20N2O4S. The molecule has 120 valence electrons. The highest BCUT2D eigenvalue weighted by Crippen LogP contribution is 2.31. The van der Waals surface area contributed by atoms with Crippen LogP contribution in [0.3, 0.4) is 0 Å². The van der Waals surface area contributed by atoms with Gasteiger partial charge in [-0.2, -0.15) is 0 Å². The number of nitrogens with zero attached hydrogens (tertiary/aromatic N) is 1. The normalized spacial score (nSPS) is 25.2. The average molecular weight is 324 g/mol. The standard InChI is InChI=1S/C15H20N2O4S/c16-9-14-10-17(15(18)21-14)13-3-1-11(2-4-13)12-5-7-22(19,20)8-6-12/h1-4,12,14H,5-10,16H2/t14-/m0/s1. The van der Waals surface area contributed by atoms with E-state index in [0.29, 0.717) is 25.9 Å². The third-order valence-corrected chi connectivity index (χ3v) is 6.08. The van der Waals surface area contributed by atoms with Gasteiger partial charge in [-0.3, -0.25) is 4.90 Å². The number of cyclic esters (lactones) is 1. The Morgan fingerprint density at radius 2 is 1.82 bits per heavy atom. The minimum atomic E-state index is -2.84. The summed E-state index contributed by atoms with van der Waals surface area (Å²) >= 11 is 0. The molecule has 1 atom stereocenters. The molecule has 3 rings (SSSR count). The molecule has 2 aliphatic rings. The highest BCUT2D eigenvalue weighted by Gasteiger charge is 2.31. The molecule has 22 heavy (non-hydrogen) atoms. The average Bonchev–Trinajstić information content (AvgIpc) is 2.89. The van der Waals surface area contributed by atoms with Gasteiger partial charge in [0, 0.05) is 12.2 Å². The Morgan fingerprint density at radius 1 is 1.18 bits per heavy atom. The monoisotopic (exact) mass is 324 g/mol. The van der Waals surface area contributed by atoms with E-state index < -0.39 is 9.84 Å². The van der Waals surface area contributed by atoms with Crippen LogP contribution < -0.4 is 10.6 Å². The molecule has 1 aromatic rings. The molecular weight excluding hydrogens is 304 g/mol. The molecule has 1 amide bonds. The van der Waals surface area contributed by atoms with Crippen LogP contribution in [0.15, 0.2) is 24.3 Å². The Bertz CT molecular complexity index is 643. The first kappa shape index (κ1) is 15.3. The van der Waals surface area contributed by atoms with Crippen LogP contribution in [-0.2, 0) is 14.6 Å². The molecule has 2 aliphatic heterocycles. The number of hydrogen-bond acceptors (Lipinski definition) is 5. The minimum Gasteiger partial charge on any atom is -0.443 e. The number of benzene rings is 1. The summed E-state index contributed by atoms with van der Waals surface area (Å²) in [4.78, 5) is 13.4. The highest BCUT2D eigenvalue weighted by molar-refractivity contribution is 7.91. The van der Waals surface area contributed by atoms with Gasteiger partial charge in [0.05, 0.1) is 18.1 Å². The molecule has 2 saturated heterocycles. The maximum absolute atomic E-state index is 11.8. The summed E-state index contributed by atoms with van der Waals surface area (Å²) in [5.74, 6) is 0.798. The van der Waals surface area contributed by atoms with Gasteiger partial charge in [-0.25, -0.2) is 13.2 Å². The third kappa shape index (κ3) is 3.10. The summed E-state index contributed by atoms with van der Waals surface area (Å²) in [6.45, 7) is 0.785. The van der Waals surface area contributed by atoms with Crippen LogP contribution >= 0.6 is 0 Å². The molecule has 7 heteroatoms. The zero-order chi connectivity index (χ0) is 15.7. The lowest BCUT2D eigenvalue weighted by Gasteiger charge is -2.23. The van der Waals surface area contributed by atoms with Crippen molar-refractivity contribution in [1.82, 2.24) is 0 Å². The van der Waals surface area contributed by atoms with E-state index in [1.54, 1.807) is 4.90 Å². The van der Waals surface area contributed by atoms with Crippen molar-refractivity contribution in [2.24, 2.45) is 5.73 Å². The van der Waals surface area contributed by atoms with Crippen molar-refractivity contribution in [2.75, 3.05) is 29.5 Å². The van der Waals surface area contributed by atoms with Crippen LogP contribution in [0.5, 0.6) is 0 Å². The summed E-state index contributed by atoms with van der Waals surface area (Å²) in [6, 6.07) is 7.72. The summed E-state index contributed by atoms with van der Waals surface area (Å²) in [7, 11) is -2.84. The summed E-state index contributed by atoms with van der Waals surface area (Å²) in [6.07, 6.45) is 0.716. The quantitative estimate of drug-likeness (QED) is 0.904. The Kier molecular flexibility index (Phi) is 4.10. The van der Waals surface area contributed by atoms with Gasteiger partial charge in [0.2, 0.25) is 0 Å². The van der Waals surface area contributed by atoms with Gasteiger partial charge in [-0.15, -0.1) is 0 Å². The van der Waals surface area contributed by atoms with Crippen LogP contribution in [0, 0.1) is 0 Å². The van der Waals surface area contributed by atoms with E-state index in [9.17, 15) is 13.2 Å². The van der Waals surface area contributed by atoms with E-state index >= 15 is 0 Å². The van der Waals surface area contributed by atoms with Gasteiger partial charge in [0.1, 0.15) is 15.9 Å². The summed E-state index contributed by atoms with van der Waals surface area (Å²) < 4.78 is 28.1. The van der Waals surface area contributed by atoms with Crippen LogP contribution in [0.4, 0.5) is 10.5 Å². The number of anilines is 1. The second kappa shape index (κ2) is 5.89. The molecule has 1 aromatic carbocycles. The van der Waals surface area contributed by atoms with Crippen LogP contribution in [0.25, 0.3) is 0 Å². The van der Waals surface area contributed by atoms with Gasteiger partial charge in [0.25, 0.3) is 0 Å². The number of ether oxygens (including phenoxy) is 1. The second-order valence-corrected chi connectivity index (χ2v) is 8.17. The molecule has 0 aromatic heterocycles. The lowest BCUT2D eigenvalue weighted by Crippen LogP contribution is -2.27. The molecule has 0 saturated carbocycles. The summed E-state index contributed by atoms with van der Waals surface area (Å²) in [5, 5.41) is 0. The zero-order valence-electron chi connectivity index (χ0n) is 12.3. The predicted molar refractivity (Wildman–Crippen MR) is 83.7 cm³/mol. The SMILES string of the molecule is NC[C@H]1CN(c2ccc(C3CCS(=O)(=O)CC3)cc2)C(=O)O1. The van der Waals surface area contributed by atoms with Crippen molar-refractivity contribution in [1.29, 1.82) is 0 Å². The molecule has 2 fully saturated rings. The lowest BCUT2D eigenvalue weighted by molar-refractivity contribution is 0.145. The number of carbonyl (C=O) groups is 1. The molecule has 0 unspecified atom stereocenters. The van der Waals surface area contributed by atoms with E-state index in [1.165, 1.54) is 0 Å². The maximum atomic E-state index is 11.8. The number of hydrogen-bond donors (Lipinski definition) is 1. The number of rotatable bonds is 3. The number of amides is 1. The van der Waals surface area contributed by atoms with Crippen molar-refractivity contribution in [2.45, 2.75) is 24.9 Å². The number of nitrogens with two attached hydrogens (primary N) is 1. The van der Waals surface area contributed by atoms with E-state index in [-0.39, 0.29) is 29.6 Å². The van der Waals surface area contributed by atoms with Crippen molar-refractivity contribution in [3.63, 3.8) is 0 Å². The topological polar surface area (TPSA) is 89.7 Å². The second-order valence-electron chi connectivity index (χ2n) is 5.87. The zero-order valence-corrected chi connectivity index (χ0v) is 13.1. The molecule has 2 N–H and O–H groups in total. The fourth-order valence-corrected chi connectivity index (χ4v) is 4.50. The Morgan fingerprint density at radius 3 is 2.36 bits per heavy atom. The predicted octanol–water partition coefficient (Wildman–Crippen LogP) is 1.26. The number of sulfone groups is 1. The van der Waals surface area contributed by atoms with Gasteiger partial charge >= 0.3 is 6.09 Å². The molecule has 2 heterocycles. The van der Waals surface area contributed by atoms with Crippen LogP contribution in [0.1, 0.15) is 24.3 Å². The van der Waals surface area contributed by atoms with E-state index in [0.717, 1.165) is 11.3 Å². The molecule has 0 bridgehead atoms. The smallest absolute Gasteiger partial charge is 0.414 e. The van der Waals surface area contributed by atoms with E-state index in [1.807, 2.05) is 24.3 Å².